The minimum absolute atomic E-state index is 0.205. The second kappa shape index (κ2) is 9.82. The van der Waals surface area contributed by atoms with E-state index in [1.807, 2.05) is 14.0 Å². The number of hydrogen-bond acceptors (Lipinski definition) is 3. The highest BCUT2D eigenvalue weighted by Crippen LogP contribution is 2.17. The first-order valence-corrected chi connectivity index (χ1v) is 10.3. The number of amides is 3. The van der Waals surface area contributed by atoms with Crippen LogP contribution in [0.4, 0.5) is 4.79 Å². The van der Waals surface area contributed by atoms with E-state index < -0.39 is 0 Å². The molecule has 0 spiro atoms. The monoisotopic (exact) mass is 364 g/mol. The Hall–Kier alpha value is -1.53. The van der Waals surface area contributed by atoms with Gasteiger partial charge in [-0.15, -0.1) is 11.8 Å². The van der Waals surface area contributed by atoms with Crippen molar-refractivity contribution >= 4 is 23.7 Å². The molecule has 25 heavy (non-hydrogen) atoms. The van der Waals surface area contributed by atoms with Crippen molar-refractivity contribution in [3.63, 3.8) is 0 Å². The van der Waals surface area contributed by atoms with Crippen LogP contribution in [0.2, 0.25) is 0 Å². The molecular formula is C19H30N3O2S+. The lowest BCUT2D eigenvalue weighted by Crippen LogP contribution is -3.12. The summed E-state index contributed by atoms with van der Waals surface area (Å²) in [6.45, 7) is 2.60. The number of quaternary nitrogens is 1. The van der Waals surface area contributed by atoms with E-state index in [9.17, 15) is 9.59 Å². The standard InChI is InChI=1S/C19H29N3O2S/c1-14(22(2)13-15-9-11-17(25-3)12-10-15)18(23)21-19(24)20-16-7-5-4-6-8-16/h9-12,14,16H,4-8,13H2,1-3H3,(H2,20,21,23,24)/p+1/t14-/m0/s1. The van der Waals surface area contributed by atoms with Crippen molar-refractivity contribution in [3.05, 3.63) is 29.8 Å². The summed E-state index contributed by atoms with van der Waals surface area (Å²) in [4.78, 5) is 26.6. The maximum Gasteiger partial charge on any atom is 0.321 e. The highest BCUT2D eigenvalue weighted by atomic mass is 32.2. The van der Waals surface area contributed by atoms with Crippen LogP contribution in [0.5, 0.6) is 0 Å². The van der Waals surface area contributed by atoms with Crippen LogP contribution in [0.1, 0.15) is 44.6 Å². The van der Waals surface area contributed by atoms with Crippen LogP contribution in [0.3, 0.4) is 0 Å². The minimum Gasteiger partial charge on any atom is -0.335 e. The number of carbonyl (C=O) groups is 2. The van der Waals surface area contributed by atoms with E-state index in [0.717, 1.165) is 37.1 Å². The minimum atomic E-state index is -0.360. The van der Waals surface area contributed by atoms with Crippen LogP contribution in [-0.2, 0) is 11.3 Å². The van der Waals surface area contributed by atoms with Crippen LogP contribution in [0.15, 0.2) is 29.2 Å². The fourth-order valence-electron chi connectivity index (χ4n) is 3.13. The molecule has 1 aliphatic rings. The Bertz CT molecular complexity index is 571. The van der Waals surface area contributed by atoms with E-state index in [4.69, 9.17) is 0 Å². The van der Waals surface area contributed by atoms with E-state index in [2.05, 4.69) is 41.2 Å². The van der Waals surface area contributed by atoms with Gasteiger partial charge in [0.2, 0.25) is 0 Å². The van der Waals surface area contributed by atoms with E-state index in [0.29, 0.717) is 0 Å². The SMILES string of the molecule is CSc1ccc(C[NH+](C)[C@@H](C)C(=O)NC(=O)NC2CCCCC2)cc1. The van der Waals surface area contributed by atoms with Gasteiger partial charge in [0.25, 0.3) is 5.91 Å². The summed E-state index contributed by atoms with van der Waals surface area (Å²) in [5, 5.41) is 5.42. The molecule has 1 fully saturated rings. The second-order valence-corrected chi connectivity index (χ2v) is 7.77. The third-order valence-corrected chi connectivity index (χ3v) is 5.70. The van der Waals surface area contributed by atoms with Crippen LogP contribution in [-0.4, -0.2) is 37.3 Å². The molecule has 1 saturated carbocycles. The number of benzene rings is 1. The Kier molecular flexibility index (Phi) is 7.78. The Balaban J connectivity index is 1.79. The molecule has 5 nitrogen and oxygen atoms in total. The van der Waals surface area contributed by atoms with Crippen molar-refractivity contribution in [3.8, 4) is 0 Å². The lowest BCUT2D eigenvalue weighted by molar-refractivity contribution is -0.908. The molecule has 138 valence electrons. The molecule has 3 amide bonds. The number of rotatable bonds is 6. The Morgan fingerprint density at radius 3 is 2.44 bits per heavy atom. The Labute approximate surface area is 154 Å². The maximum absolute atomic E-state index is 12.3. The summed E-state index contributed by atoms with van der Waals surface area (Å²) in [6.07, 6.45) is 7.61. The van der Waals surface area contributed by atoms with Gasteiger partial charge in [0.1, 0.15) is 6.54 Å². The van der Waals surface area contributed by atoms with E-state index >= 15 is 0 Å². The van der Waals surface area contributed by atoms with Gasteiger partial charge in [-0.2, -0.15) is 0 Å². The van der Waals surface area contributed by atoms with Crippen LogP contribution >= 0.6 is 11.8 Å². The van der Waals surface area contributed by atoms with Gasteiger partial charge in [0.15, 0.2) is 6.04 Å². The van der Waals surface area contributed by atoms with Crippen molar-refractivity contribution in [2.45, 2.75) is 62.6 Å². The average molecular weight is 365 g/mol. The zero-order chi connectivity index (χ0) is 18.2. The van der Waals surface area contributed by atoms with Crippen molar-refractivity contribution in [2.75, 3.05) is 13.3 Å². The first-order valence-electron chi connectivity index (χ1n) is 9.06. The molecule has 0 saturated heterocycles. The van der Waals surface area contributed by atoms with Gasteiger partial charge in [-0.05, 0) is 38.2 Å². The van der Waals surface area contributed by atoms with Gasteiger partial charge in [-0.25, -0.2) is 4.79 Å². The van der Waals surface area contributed by atoms with E-state index in [1.165, 1.54) is 16.9 Å². The normalized spacial score (nSPS) is 17.6. The smallest absolute Gasteiger partial charge is 0.321 e. The van der Waals surface area contributed by atoms with Crippen molar-refractivity contribution in [1.82, 2.24) is 10.6 Å². The lowest BCUT2D eigenvalue weighted by atomic mass is 9.96. The Morgan fingerprint density at radius 2 is 1.84 bits per heavy atom. The third kappa shape index (κ3) is 6.36. The van der Waals surface area contributed by atoms with Gasteiger partial charge in [0.05, 0.1) is 7.05 Å². The predicted octanol–water partition coefficient (Wildman–Crippen LogP) is 1.97. The summed E-state index contributed by atoms with van der Waals surface area (Å²) in [6, 6.07) is 7.92. The third-order valence-electron chi connectivity index (χ3n) is 4.95. The number of likely N-dealkylation sites (N-methyl/N-ethyl adjacent to an activating group) is 1. The van der Waals surface area contributed by atoms with E-state index in [-0.39, 0.29) is 24.0 Å². The molecule has 6 heteroatoms. The zero-order valence-corrected chi connectivity index (χ0v) is 16.2. The van der Waals surface area contributed by atoms with Crippen LogP contribution in [0, 0.1) is 0 Å². The average Bonchev–Trinajstić information content (AvgIpc) is 2.62. The largest absolute Gasteiger partial charge is 0.335 e. The molecule has 1 aliphatic carbocycles. The molecule has 0 heterocycles. The van der Waals surface area contributed by atoms with Gasteiger partial charge in [-0.3, -0.25) is 10.1 Å². The zero-order valence-electron chi connectivity index (χ0n) is 15.4. The first kappa shape index (κ1) is 19.8. The van der Waals surface area contributed by atoms with Crippen molar-refractivity contribution in [2.24, 2.45) is 0 Å². The fraction of sp³-hybridized carbons (Fsp3) is 0.579. The number of carbonyl (C=O) groups excluding carboxylic acids is 2. The fourth-order valence-corrected chi connectivity index (χ4v) is 3.54. The quantitative estimate of drug-likeness (QED) is 0.676. The molecule has 1 aromatic rings. The summed E-state index contributed by atoms with van der Waals surface area (Å²) < 4.78 is 0. The molecule has 0 aliphatic heterocycles. The molecule has 2 rings (SSSR count). The van der Waals surface area contributed by atoms with Crippen LogP contribution in [0.25, 0.3) is 0 Å². The molecule has 1 aromatic carbocycles. The van der Waals surface area contributed by atoms with Crippen LogP contribution < -0.4 is 15.5 Å². The number of imide groups is 1. The number of urea groups is 1. The topological polar surface area (TPSA) is 62.6 Å². The van der Waals surface area contributed by atoms with Crippen molar-refractivity contribution in [1.29, 1.82) is 0 Å². The summed E-state index contributed by atoms with van der Waals surface area (Å²) >= 11 is 1.71. The molecule has 3 N–H and O–H groups in total. The molecule has 0 bridgehead atoms. The Morgan fingerprint density at radius 1 is 1.20 bits per heavy atom. The predicted molar refractivity (Wildman–Crippen MR) is 102 cm³/mol. The number of nitrogens with one attached hydrogen (secondary N) is 3. The highest BCUT2D eigenvalue weighted by molar-refractivity contribution is 7.98. The van der Waals surface area contributed by atoms with Crippen molar-refractivity contribution < 1.29 is 14.5 Å². The van der Waals surface area contributed by atoms with Gasteiger partial charge < -0.3 is 10.2 Å². The van der Waals surface area contributed by atoms with Gasteiger partial charge in [0, 0.05) is 16.5 Å². The lowest BCUT2D eigenvalue weighted by Gasteiger charge is -2.24. The summed E-state index contributed by atoms with van der Waals surface area (Å²) in [5.74, 6) is -0.230. The summed E-state index contributed by atoms with van der Waals surface area (Å²) in [7, 11) is 1.98. The maximum atomic E-state index is 12.3. The molecule has 1 unspecified atom stereocenters. The molecular weight excluding hydrogens is 334 g/mol. The van der Waals surface area contributed by atoms with Gasteiger partial charge in [-0.1, -0.05) is 31.4 Å². The molecule has 0 aromatic heterocycles. The van der Waals surface area contributed by atoms with Gasteiger partial charge >= 0.3 is 6.03 Å². The first-order chi connectivity index (χ1) is 12.0. The number of thioether (sulfide) groups is 1. The second-order valence-electron chi connectivity index (χ2n) is 6.89. The highest BCUT2D eigenvalue weighted by Gasteiger charge is 2.25. The van der Waals surface area contributed by atoms with E-state index in [1.54, 1.807) is 11.8 Å². The number of hydrogen-bond donors (Lipinski definition) is 3. The summed E-state index contributed by atoms with van der Waals surface area (Å²) in [5.41, 5.74) is 1.18. The molecule has 0 radical (unpaired) electrons. The molecule has 2 atom stereocenters.